The quantitative estimate of drug-likeness (QED) is 0.795. The Hall–Kier alpha value is -1.39. The molecule has 0 aliphatic carbocycles. The minimum absolute atomic E-state index is 0.127. The molecule has 0 aliphatic rings. The SMILES string of the molecule is CC(C)N(C)CCNC(=O)[C@@H](N)c1ccccc1. The van der Waals surface area contributed by atoms with E-state index in [1.54, 1.807) is 0 Å². The second kappa shape index (κ2) is 7.13. The lowest BCUT2D eigenvalue weighted by molar-refractivity contribution is -0.122. The topological polar surface area (TPSA) is 58.4 Å². The molecule has 0 bridgehead atoms. The van der Waals surface area contributed by atoms with Gasteiger partial charge in [-0.05, 0) is 26.5 Å². The fraction of sp³-hybridized carbons (Fsp3) is 0.500. The van der Waals surface area contributed by atoms with Crippen LogP contribution in [0.4, 0.5) is 0 Å². The van der Waals surface area contributed by atoms with Crippen LogP contribution in [0, 0.1) is 0 Å². The van der Waals surface area contributed by atoms with E-state index < -0.39 is 6.04 Å². The summed E-state index contributed by atoms with van der Waals surface area (Å²) in [6, 6.07) is 9.30. The lowest BCUT2D eigenvalue weighted by Crippen LogP contribution is -2.39. The summed E-state index contributed by atoms with van der Waals surface area (Å²) in [7, 11) is 2.04. The van der Waals surface area contributed by atoms with Gasteiger partial charge in [0.25, 0.3) is 0 Å². The summed E-state index contributed by atoms with van der Waals surface area (Å²) >= 11 is 0. The molecule has 1 aromatic carbocycles. The molecule has 0 saturated heterocycles. The van der Waals surface area contributed by atoms with E-state index in [4.69, 9.17) is 5.73 Å². The average Bonchev–Trinajstić information content (AvgIpc) is 2.38. The van der Waals surface area contributed by atoms with Gasteiger partial charge in [-0.25, -0.2) is 0 Å². The molecule has 0 saturated carbocycles. The molecular weight excluding hydrogens is 226 g/mol. The summed E-state index contributed by atoms with van der Waals surface area (Å²) in [5, 5.41) is 2.86. The van der Waals surface area contributed by atoms with Crippen molar-refractivity contribution in [2.24, 2.45) is 5.73 Å². The second-order valence-electron chi connectivity index (χ2n) is 4.75. The molecule has 1 amide bonds. The second-order valence-corrected chi connectivity index (χ2v) is 4.75. The van der Waals surface area contributed by atoms with Gasteiger partial charge in [-0.2, -0.15) is 0 Å². The van der Waals surface area contributed by atoms with E-state index in [1.807, 2.05) is 37.4 Å². The van der Waals surface area contributed by atoms with Crippen LogP contribution in [0.25, 0.3) is 0 Å². The monoisotopic (exact) mass is 249 g/mol. The molecule has 100 valence electrons. The molecular formula is C14H23N3O. The number of hydrogen-bond acceptors (Lipinski definition) is 3. The van der Waals surface area contributed by atoms with Gasteiger partial charge in [-0.1, -0.05) is 30.3 Å². The van der Waals surface area contributed by atoms with Crippen molar-refractivity contribution in [3.05, 3.63) is 35.9 Å². The molecule has 18 heavy (non-hydrogen) atoms. The number of nitrogens with two attached hydrogens (primary N) is 1. The summed E-state index contributed by atoms with van der Waals surface area (Å²) in [6.07, 6.45) is 0. The predicted octanol–water partition coefficient (Wildman–Crippen LogP) is 1.14. The molecule has 1 aromatic rings. The summed E-state index contributed by atoms with van der Waals surface area (Å²) < 4.78 is 0. The molecule has 0 unspecified atom stereocenters. The van der Waals surface area contributed by atoms with Crippen molar-refractivity contribution in [1.29, 1.82) is 0 Å². The molecule has 1 rings (SSSR count). The van der Waals surface area contributed by atoms with Gasteiger partial charge in [-0.15, -0.1) is 0 Å². The number of nitrogens with zero attached hydrogens (tertiary/aromatic N) is 1. The van der Waals surface area contributed by atoms with Crippen molar-refractivity contribution in [2.45, 2.75) is 25.9 Å². The lowest BCUT2D eigenvalue weighted by atomic mass is 10.1. The fourth-order valence-corrected chi connectivity index (χ4v) is 1.54. The molecule has 1 atom stereocenters. The average molecular weight is 249 g/mol. The van der Waals surface area contributed by atoms with Gasteiger partial charge < -0.3 is 16.0 Å². The summed E-state index contributed by atoms with van der Waals surface area (Å²) in [5.41, 5.74) is 6.73. The van der Waals surface area contributed by atoms with Gasteiger partial charge in [0.15, 0.2) is 0 Å². The van der Waals surface area contributed by atoms with Gasteiger partial charge in [0.1, 0.15) is 6.04 Å². The third kappa shape index (κ3) is 4.47. The van der Waals surface area contributed by atoms with Crippen LogP contribution in [-0.4, -0.2) is 37.0 Å². The Kier molecular flexibility index (Phi) is 5.82. The van der Waals surface area contributed by atoms with Crippen molar-refractivity contribution < 1.29 is 4.79 Å². The predicted molar refractivity (Wildman–Crippen MR) is 74.1 cm³/mol. The van der Waals surface area contributed by atoms with E-state index >= 15 is 0 Å². The Bertz CT molecular complexity index is 365. The highest BCUT2D eigenvalue weighted by Crippen LogP contribution is 2.08. The van der Waals surface area contributed by atoms with Crippen molar-refractivity contribution >= 4 is 5.91 Å². The van der Waals surface area contributed by atoms with Crippen molar-refractivity contribution in [3.8, 4) is 0 Å². The number of likely N-dealkylation sites (N-methyl/N-ethyl adjacent to an activating group) is 1. The molecule has 0 aromatic heterocycles. The van der Waals surface area contributed by atoms with Crippen molar-refractivity contribution in [3.63, 3.8) is 0 Å². The number of amides is 1. The number of carbonyl (C=O) groups is 1. The van der Waals surface area contributed by atoms with E-state index in [9.17, 15) is 4.79 Å². The molecule has 0 spiro atoms. The van der Waals surface area contributed by atoms with Crippen LogP contribution < -0.4 is 11.1 Å². The highest BCUT2D eigenvalue weighted by molar-refractivity contribution is 5.82. The van der Waals surface area contributed by atoms with Gasteiger partial charge >= 0.3 is 0 Å². The molecule has 0 fully saturated rings. The Morgan fingerprint density at radius 3 is 2.50 bits per heavy atom. The third-order valence-electron chi connectivity index (χ3n) is 3.09. The molecule has 4 nitrogen and oxygen atoms in total. The molecule has 4 heteroatoms. The maximum Gasteiger partial charge on any atom is 0.241 e. The first kappa shape index (κ1) is 14.7. The zero-order valence-electron chi connectivity index (χ0n) is 11.4. The zero-order valence-corrected chi connectivity index (χ0v) is 11.4. The minimum Gasteiger partial charge on any atom is -0.353 e. The van der Waals surface area contributed by atoms with E-state index in [1.165, 1.54) is 0 Å². The van der Waals surface area contributed by atoms with Crippen LogP contribution in [-0.2, 0) is 4.79 Å². The summed E-state index contributed by atoms with van der Waals surface area (Å²) in [5.74, 6) is -0.127. The maximum absolute atomic E-state index is 11.8. The first-order valence-electron chi connectivity index (χ1n) is 6.31. The molecule has 0 radical (unpaired) electrons. The van der Waals surface area contributed by atoms with E-state index in [0.29, 0.717) is 12.6 Å². The largest absolute Gasteiger partial charge is 0.353 e. The van der Waals surface area contributed by atoms with Crippen LogP contribution in [0.1, 0.15) is 25.5 Å². The number of benzene rings is 1. The highest BCUT2D eigenvalue weighted by atomic mass is 16.2. The first-order valence-corrected chi connectivity index (χ1v) is 6.31. The van der Waals surface area contributed by atoms with Gasteiger partial charge in [0.2, 0.25) is 5.91 Å². The number of hydrogen-bond donors (Lipinski definition) is 2. The van der Waals surface area contributed by atoms with E-state index in [2.05, 4.69) is 24.1 Å². The van der Waals surface area contributed by atoms with Crippen LogP contribution in [0.3, 0.4) is 0 Å². The van der Waals surface area contributed by atoms with E-state index in [0.717, 1.165) is 12.1 Å². The minimum atomic E-state index is -0.587. The Morgan fingerprint density at radius 1 is 1.33 bits per heavy atom. The molecule has 0 heterocycles. The van der Waals surface area contributed by atoms with Gasteiger partial charge in [-0.3, -0.25) is 4.79 Å². The van der Waals surface area contributed by atoms with Gasteiger partial charge in [0, 0.05) is 19.1 Å². The van der Waals surface area contributed by atoms with Crippen molar-refractivity contribution in [1.82, 2.24) is 10.2 Å². The van der Waals surface area contributed by atoms with Crippen LogP contribution in [0.2, 0.25) is 0 Å². The zero-order chi connectivity index (χ0) is 13.5. The normalized spacial score (nSPS) is 12.8. The standard InChI is InChI=1S/C14H23N3O/c1-11(2)17(3)10-9-16-14(18)13(15)12-7-5-4-6-8-12/h4-8,11,13H,9-10,15H2,1-3H3,(H,16,18)/t13-/m0/s1. The van der Waals surface area contributed by atoms with Crippen LogP contribution in [0.15, 0.2) is 30.3 Å². The van der Waals surface area contributed by atoms with E-state index in [-0.39, 0.29) is 5.91 Å². The lowest BCUT2D eigenvalue weighted by Gasteiger charge is -2.21. The molecule has 3 N–H and O–H groups in total. The Morgan fingerprint density at radius 2 is 1.94 bits per heavy atom. The first-order chi connectivity index (χ1) is 8.52. The van der Waals surface area contributed by atoms with Crippen LogP contribution >= 0.6 is 0 Å². The smallest absolute Gasteiger partial charge is 0.241 e. The Balaban J connectivity index is 2.37. The third-order valence-corrected chi connectivity index (χ3v) is 3.09. The summed E-state index contributed by atoms with van der Waals surface area (Å²) in [6.45, 7) is 5.69. The maximum atomic E-state index is 11.8. The Labute approximate surface area is 109 Å². The van der Waals surface area contributed by atoms with Crippen LogP contribution in [0.5, 0.6) is 0 Å². The number of carbonyl (C=O) groups excluding carboxylic acids is 1. The number of rotatable bonds is 6. The fourth-order valence-electron chi connectivity index (χ4n) is 1.54. The highest BCUT2D eigenvalue weighted by Gasteiger charge is 2.14. The van der Waals surface area contributed by atoms with Gasteiger partial charge in [0.05, 0.1) is 0 Å². The number of nitrogens with one attached hydrogen (secondary N) is 1. The molecule has 0 aliphatic heterocycles. The summed E-state index contributed by atoms with van der Waals surface area (Å²) in [4.78, 5) is 14.0. The van der Waals surface area contributed by atoms with Crippen molar-refractivity contribution in [2.75, 3.05) is 20.1 Å².